The number of carbonyl (C=O) groups excluding carboxylic acids is 1. The zero-order valence-electron chi connectivity index (χ0n) is 15.3. The van der Waals surface area contributed by atoms with Gasteiger partial charge in [-0.1, -0.05) is 20.8 Å². The number of likely N-dealkylation sites (tertiary alicyclic amines) is 1. The first kappa shape index (κ1) is 18.6. The van der Waals surface area contributed by atoms with Crippen molar-refractivity contribution >= 4 is 23.2 Å². The Morgan fingerprint density at radius 2 is 2.00 bits per heavy atom. The summed E-state index contributed by atoms with van der Waals surface area (Å²) >= 11 is 1.61. The highest BCUT2D eigenvalue weighted by Gasteiger charge is 2.26. The zero-order valence-corrected chi connectivity index (χ0v) is 16.1. The maximum atomic E-state index is 12.6. The number of rotatable bonds is 4. The maximum absolute atomic E-state index is 12.6. The van der Waals surface area contributed by atoms with E-state index in [2.05, 4.69) is 30.9 Å². The quantitative estimate of drug-likeness (QED) is 0.886. The molecule has 1 amide bonds. The monoisotopic (exact) mass is 376 g/mol. The highest BCUT2D eigenvalue weighted by atomic mass is 32.1. The van der Waals surface area contributed by atoms with Gasteiger partial charge in [-0.05, 0) is 12.8 Å². The molecule has 0 atom stereocenters. The van der Waals surface area contributed by atoms with Crippen LogP contribution in [-0.2, 0) is 16.6 Å². The molecule has 8 heteroatoms. The summed E-state index contributed by atoms with van der Waals surface area (Å²) in [5, 5.41) is 16.2. The van der Waals surface area contributed by atoms with E-state index in [4.69, 9.17) is 5.11 Å². The van der Waals surface area contributed by atoms with Gasteiger partial charge in [0, 0.05) is 30.1 Å². The van der Waals surface area contributed by atoms with Crippen LogP contribution in [0.1, 0.15) is 60.7 Å². The van der Waals surface area contributed by atoms with E-state index in [-0.39, 0.29) is 22.9 Å². The first-order chi connectivity index (χ1) is 12.2. The van der Waals surface area contributed by atoms with E-state index in [1.165, 1.54) is 6.20 Å². The molecule has 0 unspecified atom stereocenters. The molecule has 2 aromatic rings. The number of carboxylic acid groups (broad SMARTS) is 1. The molecule has 26 heavy (non-hydrogen) atoms. The van der Waals surface area contributed by atoms with E-state index in [9.17, 15) is 9.59 Å². The van der Waals surface area contributed by atoms with Gasteiger partial charge < -0.3 is 10.0 Å². The Kier molecular flexibility index (Phi) is 5.13. The van der Waals surface area contributed by atoms with Gasteiger partial charge in [-0.25, -0.2) is 9.78 Å². The van der Waals surface area contributed by atoms with Gasteiger partial charge in [0.05, 0.1) is 34.9 Å². The standard InChI is InChI=1S/C18H24N4O3S/c1-18(2,3)17-20-13(11-26-17)8-15(23)21-6-4-14(5-7-21)22-10-12(9-19-22)16(24)25/h9-11,14H,4-8H2,1-3H3,(H,24,25). The first-order valence-electron chi connectivity index (χ1n) is 8.74. The average Bonchev–Trinajstić information content (AvgIpc) is 3.24. The lowest BCUT2D eigenvalue weighted by atomic mass is 9.98. The number of thiazole rings is 1. The third-order valence-electron chi connectivity index (χ3n) is 4.57. The minimum Gasteiger partial charge on any atom is -0.478 e. The fourth-order valence-electron chi connectivity index (χ4n) is 3.03. The molecular weight excluding hydrogens is 352 g/mol. The third-order valence-corrected chi connectivity index (χ3v) is 5.88. The van der Waals surface area contributed by atoms with Crippen molar-refractivity contribution in [1.82, 2.24) is 19.7 Å². The summed E-state index contributed by atoms with van der Waals surface area (Å²) in [6.45, 7) is 7.66. The van der Waals surface area contributed by atoms with Crippen LogP contribution in [0.4, 0.5) is 0 Å². The van der Waals surface area contributed by atoms with Crippen LogP contribution in [0.2, 0.25) is 0 Å². The van der Waals surface area contributed by atoms with Crippen LogP contribution in [-0.4, -0.2) is 49.7 Å². The Morgan fingerprint density at radius 1 is 1.31 bits per heavy atom. The van der Waals surface area contributed by atoms with Crippen LogP contribution in [0, 0.1) is 0 Å². The van der Waals surface area contributed by atoms with Crippen LogP contribution in [0.25, 0.3) is 0 Å². The summed E-state index contributed by atoms with van der Waals surface area (Å²) in [6.07, 6.45) is 4.82. The topological polar surface area (TPSA) is 88.3 Å². The van der Waals surface area contributed by atoms with Crippen molar-refractivity contribution in [3.8, 4) is 0 Å². The van der Waals surface area contributed by atoms with Gasteiger partial charge in [0.2, 0.25) is 5.91 Å². The van der Waals surface area contributed by atoms with Crippen molar-refractivity contribution < 1.29 is 14.7 Å². The molecule has 2 aromatic heterocycles. The average molecular weight is 376 g/mol. The molecular formula is C18H24N4O3S. The smallest absolute Gasteiger partial charge is 0.338 e. The largest absolute Gasteiger partial charge is 0.478 e. The van der Waals surface area contributed by atoms with E-state index in [1.54, 1.807) is 22.2 Å². The molecule has 0 radical (unpaired) electrons. The fraction of sp³-hybridized carbons (Fsp3) is 0.556. The van der Waals surface area contributed by atoms with Crippen LogP contribution < -0.4 is 0 Å². The highest BCUT2D eigenvalue weighted by Crippen LogP contribution is 2.26. The summed E-state index contributed by atoms with van der Waals surface area (Å²) in [6, 6.07) is 0.138. The van der Waals surface area contributed by atoms with E-state index in [0.29, 0.717) is 19.5 Å². The minimum atomic E-state index is -0.971. The van der Waals surface area contributed by atoms with E-state index in [1.807, 2.05) is 10.3 Å². The lowest BCUT2D eigenvalue weighted by Crippen LogP contribution is -2.40. The predicted molar refractivity (Wildman–Crippen MR) is 98.6 cm³/mol. The molecule has 0 spiro atoms. The SMILES string of the molecule is CC(C)(C)c1nc(CC(=O)N2CCC(n3cc(C(=O)O)cn3)CC2)cs1. The molecule has 0 aromatic carbocycles. The van der Waals surface area contributed by atoms with Crippen LogP contribution in [0.15, 0.2) is 17.8 Å². The molecule has 3 heterocycles. The molecule has 0 aliphatic carbocycles. The number of amides is 1. The van der Waals surface area contributed by atoms with Crippen molar-refractivity contribution in [3.63, 3.8) is 0 Å². The van der Waals surface area contributed by atoms with Gasteiger partial charge in [0.1, 0.15) is 0 Å². The number of carbonyl (C=O) groups is 2. The van der Waals surface area contributed by atoms with Crippen molar-refractivity contribution in [2.45, 2.75) is 51.5 Å². The van der Waals surface area contributed by atoms with Crippen LogP contribution in [0.3, 0.4) is 0 Å². The van der Waals surface area contributed by atoms with Gasteiger partial charge in [0.15, 0.2) is 0 Å². The van der Waals surface area contributed by atoms with Crippen molar-refractivity contribution in [1.29, 1.82) is 0 Å². The Bertz CT molecular complexity index is 797. The van der Waals surface area contributed by atoms with Gasteiger partial charge in [-0.2, -0.15) is 5.10 Å². The minimum absolute atomic E-state index is 0.00286. The molecule has 0 bridgehead atoms. The molecule has 7 nitrogen and oxygen atoms in total. The van der Waals surface area contributed by atoms with Crippen molar-refractivity contribution in [3.05, 3.63) is 34.0 Å². The van der Waals surface area contributed by atoms with Gasteiger partial charge in [-0.3, -0.25) is 9.48 Å². The summed E-state index contributed by atoms with van der Waals surface area (Å²) in [4.78, 5) is 30.0. The number of carboxylic acids is 1. The second kappa shape index (κ2) is 7.19. The number of piperidine rings is 1. The fourth-order valence-corrected chi connectivity index (χ4v) is 3.93. The number of aromatic carboxylic acids is 1. The summed E-state index contributed by atoms with van der Waals surface area (Å²) in [7, 11) is 0. The highest BCUT2D eigenvalue weighted by molar-refractivity contribution is 7.09. The second-order valence-electron chi connectivity index (χ2n) is 7.70. The predicted octanol–water partition coefficient (Wildman–Crippen LogP) is 2.74. The number of hydrogen-bond donors (Lipinski definition) is 1. The number of aromatic nitrogens is 3. The Labute approximate surface area is 156 Å². The van der Waals surface area contributed by atoms with E-state index < -0.39 is 5.97 Å². The molecule has 140 valence electrons. The van der Waals surface area contributed by atoms with Gasteiger partial charge in [0.25, 0.3) is 0 Å². The van der Waals surface area contributed by atoms with Gasteiger partial charge in [-0.15, -0.1) is 11.3 Å². The Morgan fingerprint density at radius 3 is 2.54 bits per heavy atom. The zero-order chi connectivity index (χ0) is 18.9. The van der Waals surface area contributed by atoms with Crippen molar-refractivity contribution in [2.75, 3.05) is 13.1 Å². The third kappa shape index (κ3) is 4.12. The maximum Gasteiger partial charge on any atom is 0.338 e. The van der Waals surface area contributed by atoms with E-state index >= 15 is 0 Å². The first-order valence-corrected chi connectivity index (χ1v) is 9.62. The Hall–Kier alpha value is -2.22. The van der Waals surface area contributed by atoms with Crippen molar-refractivity contribution in [2.24, 2.45) is 0 Å². The summed E-state index contributed by atoms with van der Waals surface area (Å²) < 4.78 is 1.71. The second-order valence-corrected chi connectivity index (χ2v) is 8.56. The van der Waals surface area contributed by atoms with Crippen LogP contribution in [0.5, 0.6) is 0 Å². The number of nitrogens with zero attached hydrogens (tertiary/aromatic N) is 4. The number of hydrogen-bond acceptors (Lipinski definition) is 5. The lowest BCUT2D eigenvalue weighted by molar-refractivity contribution is -0.131. The molecule has 1 fully saturated rings. The Balaban J connectivity index is 1.55. The van der Waals surface area contributed by atoms with Gasteiger partial charge >= 0.3 is 5.97 Å². The molecule has 1 saturated heterocycles. The van der Waals surface area contributed by atoms with E-state index in [0.717, 1.165) is 23.5 Å². The molecule has 0 saturated carbocycles. The summed E-state index contributed by atoms with van der Waals surface area (Å²) in [5.41, 5.74) is 1.04. The summed E-state index contributed by atoms with van der Waals surface area (Å²) in [5.74, 6) is -0.873. The molecule has 1 aliphatic heterocycles. The van der Waals surface area contributed by atoms with Crippen LogP contribution >= 0.6 is 11.3 Å². The lowest BCUT2D eigenvalue weighted by Gasteiger charge is -2.32. The molecule has 1 aliphatic rings. The molecule has 3 rings (SSSR count). The normalized spacial score (nSPS) is 16.0. The molecule has 1 N–H and O–H groups in total.